The molecule has 3 aromatic carbocycles. The van der Waals surface area contributed by atoms with Crippen molar-refractivity contribution in [1.29, 1.82) is 0 Å². The molecule has 1 aliphatic rings. The van der Waals surface area contributed by atoms with Gasteiger partial charge in [-0.3, -0.25) is 4.79 Å². The van der Waals surface area contributed by atoms with Crippen LogP contribution in [0.4, 0.5) is 5.69 Å². The maximum absolute atomic E-state index is 12.5. The molecule has 4 aromatic rings. The Labute approximate surface area is 194 Å². The minimum atomic E-state index is -0.155. The fourth-order valence-corrected chi connectivity index (χ4v) is 4.91. The summed E-state index contributed by atoms with van der Waals surface area (Å²) in [4.78, 5) is 14.7. The second-order valence-electron chi connectivity index (χ2n) is 9.57. The lowest BCUT2D eigenvalue weighted by molar-refractivity contribution is 0.402. The molecule has 0 bridgehead atoms. The van der Waals surface area contributed by atoms with Crippen LogP contribution in [0, 0.1) is 0 Å². The maximum atomic E-state index is 12.5. The summed E-state index contributed by atoms with van der Waals surface area (Å²) in [6.45, 7) is 5.32. The van der Waals surface area contributed by atoms with Crippen molar-refractivity contribution in [2.24, 2.45) is 0 Å². The van der Waals surface area contributed by atoms with Crippen LogP contribution >= 0.6 is 0 Å². The van der Waals surface area contributed by atoms with Crippen molar-refractivity contribution < 1.29 is 0 Å². The summed E-state index contributed by atoms with van der Waals surface area (Å²) in [7, 11) is 4.16. The van der Waals surface area contributed by atoms with E-state index in [9.17, 15) is 4.79 Å². The highest BCUT2D eigenvalue weighted by Gasteiger charge is 2.34. The van der Waals surface area contributed by atoms with Crippen LogP contribution in [0.3, 0.4) is 0 Å². The minimum Gasteiger partial charge on any atom is -0.377 e. The average molecular weight is 439 g/mol. The highest BCUT2D eigenvalue weighted by Crippen LogP contribution is 2.46. The van der Waals surface area contributed by atoms with Crippen molar-refractivity contribution in [2.75, 3.05) is 19.4 Å². The van der Waals surface area contributed by atoms with Crippen molar-refractivity contribution in [3.63, 3.8) is 0 Å². The topological polar surface area (TPSA) is 61.0 Å². The SMILES string of the molecule is CC(C)c1ccc(C2c3n[nH]c(=O)c4cccc(c34)NC2c2ccc(CN(C)C)cc2)cc1. The summed E-state index contributed by atoms with van der Waals surface area (Å²) in [5.41, 5.74) is 6.69. The zero-order valence-corrected chi connectivity index (χ0v) is 19.6. The number of hydrogen-bond acceptors (Lipinski definition) is 4. The van der Waals surface area contributed by atoms with Crippen LogP contribution in [0.25, 0.3) is 10.8 Å². The van der Waals surface area contributed by atoms with Gasteiger partial charge in [0.2, 0.25) is 0 Å². The zero-order valence-electron chi connectivity index (χ0n) is 19.6. The van der Waals surface area contributed by atoms with E-state index < -0.39 is 0 Å². The molecule has 0 saturated carbocycles. The average Bonchev–Trinajstić information content (AvgIpc) is 2.81. The van der Waals surface area contributed by atoms with E-state index in [1.165, 1.54) is 22.3 Å². The van der Waals surface area contributed by atoms with Gasteiger partial charge in [0, 0.05) is 17.6 Å². The number of nitrogens with zero attached hydrogens (tertiary/aromatic N) is 2. The first-order valence-corrected chi connectivity index (χ1v) is 11.5. The van der Waals surface area contributed by atoms with Gasteiger partial charge in [0.05, 0.1) is 23.0 Å². The molecule has 2 unspecified atom stereocenters. The number of rotatable bonds is 5. The Kier molecular flexibility index (Phi) is 5.51. The fourth-order valence-electron chi connectivity index (χ4n) is 4.91. The summed E-state index contributed by atoms with van der Waals surface area (Å²) in [5, 5.41) is 12.7. The van der Waals surface area contributed by atoms with Gasteiger partial charge in [-0.05, 0) is 54.4 Å². The van der Waals surface area contributed by atoms with Crippen LogP contribution in [0.1, 0.15) is 59.7 Å². The first kappa shape index (κ1) is 21.4. The van der Waals surface area contributed by atoms with Crippen LogP contribution < -0.4 is 10.9 Å². The molecular formula is C28H30N4O. The van der Waals surface area contributed by atoms with Crippen LogP contribution in [0.5, 0.6) is 0 Å². The molecule has 0 amide bonds. The fraction of sp³-hybridized carbons (Fsp3) is 0.286. The molecule has 1 aromatic heterocycles. The van der Waals surface area contributed by atoms with Gasteiger partial charge in [0.25, 0.3) is 5.56 Å². The molecule has 0 saturated heterocycles. The Hall–Kier alpha value is -3.44. The number of aromatic nitrogens is 2. The molecular weight excluding hydrogens is 408 g/mol. The van der Waals surface area contributed by atoms with Gasteiger partial charge >= 0.3 is 0 Å². The van der Waals surface area contributed by atoms with E-state index in [-0.39, 0.29) is 17.5 Å². The minimum absolute atomic E-state index is 0.000178. The van der Waals surface area contributed by atoms with Gasteiger partial charge in [0.1, 0.15) is 0 Å². The van der Waals surface area contributed by atoms with Crippen molar-refractivity contribution in [3.8, 4) is 0 Å². The normalized spacial score (nSPS) is 17.5. The molecule has 2 atom stereocenters. The molecule has 2 N–H and O–H groups in total. The largest absolute Gasteiger partial charge is 0.377 e. The van der Waals surface area contributed by atoms with Gasteiger partial charge in [0.15, 0.2) is 0 Å². The summed E-state index contributed by atoms with van der Waals surface area (Å²) < 4.78 is 0. The molecule has 0 fully saturated rings. The number of anilines is 1. The first-order valence-electron chi connectivity index (χ1n) is 11.5. The Bertz CT molecular complexity index is 1340. The predicted octanol–water partition coefficient (Wildman–Crippen LogP) is 5.41. The summed E-state index contributed by atoms with van der Waals surface area (Å²) in [5.74, 6) is 0.447. The highest BCUT2D eigenvalue weighted by atomic mass is 16.1. The van der Waals surface area contributed by atoms with Gasteiger partial charge in [-0.1, -0.05) is 68.4 Å². The molecule has 5 rings (SSSR count). The van der Waals surface area contributed by atoms with E-state index in [0.29, 0.717) is 11.3 Å². The van der Waals surface area contributed by atoms with Crippen molar-refractivity contribution in [1.82, 2.24) is 15.1 Å². The number of H-pyrrole nitrogens is 1. The third kappa shape index (κ3) is 3.93. The van der Waals surface area contributed by atoms with Crippen molar-refractivity contribution >= 4 is 16.5 Å². The monoisotopic (exact) mass is 438 g/mol. The van der Waals surface area contributed by atoms with Gasteiger partial charge in [-0.25, -0.2) is 5.10 Å². The lowest BCUT2D eigenvalue weighted by Crippen LogP contribution is -2.28. The number of nitrogens with one attached hydrogen (secondary N) is 2. The Morgan fingerprint density at radius 3 is 2.30 bits per heavy atom. The lowest BCUT2D eigenvalue weighted by Gasteiger charge is -2.35. The molecule has 2 heterocycles. The summed E-state index contributed by atoms with van der Waals surface area (Å²) in [6.07, 6.45) is 0. The molecule has 0 radical (unpaired) electrons. The van der Waals surface area contributed by atoms with Gasteiger partial charge in [-0.2, -0.15) is 5.10 Å². The quantitative estimate of drug-likeness (QED) is 0.438. The summed E-state index contributed by atoms with van der Waals surface area (Å²) >= 11 is 0. The standard InChI is InChI=1S/C28H30N4O/c1-17(2)19-12-14-20(15-13-19)24-26(21-10-8-18(9-11-21)16-32(3)4)29-23-7-5-6-22-25(23)27(24)30-31-28(22)33/h5-15,17,24,26,29H,16H2,1-4H3,(H,31,33). The van der Waals surface area contributed by atoms with Crippen LogP contribution in [-0.2, 0) is 6.54 Å². The molecule has 0 spiro atoms. The van der Waals surface area contributed by atoms with Crippen molar-refractivity contribution in [3.05, 3.63) is 105 Å². The Morgan fingerprint density at radius 2 is 1.64 bits per heavy atom. The van der Waals surface area contributed by atoms with E-state index in [0.717, 1.165) is 23.3 Å². The van der Waals surface area contributed by atoms with Crippen molar-refractivity contribution in [2.45, 2.75) is 38.3 Å². The smallest absolute Gasteiger partial charge is 0.272 e. The van der Waals surface area contributed by atoms with E-state index in [1.54, 1.807) is 0 Å². The Morgan fingerprint density at radius 1 is 0.939 bits per heavy atom. The lowest BCUT2D eigenvalue weighted by atomic mass is 9.79. The van der Waals surface area contributed by atoms with Crippen LogP contribution in [-0.4, -0.2) is 29.2 Å². The zero-order chi connectivity index (χ0) is 23.1. The molecule has 168 valence electrons. The third-order valence-corrected chi connectivity index (χ3v) is 6.58. The second kappa shape index (κ2) is 8.49. The van der Waals surface area contributed by atoms with E-state index in [1.807, 2.05) is 18.2 Å². The maximum Gasteiger partial charge on any atom is 0.272 e. The van der Waals surface area contributed by atoms with E-state index in [4.69, 9.17) is 0 Å². The van der Waals surface area contributed by atoms with Crippen LogP contribution in [0.2, 0.25) is 0 Å². The van der Waals surface area contributed by atoms with Gasteiger partial charge < -0.3 is 10.2 Å². The number of benzene rings is 3. The number of hydrogen-bond donors (Lipinski definition) is 2. The molecule has 33 heavy (non-hydrogen) atoms. The summed E-state index contributed by atoms with van der Waals surface area (Å²) in [6, 6.07) is 23.5. The molecule has 0 aliphatic carbocycles. The second-order valence-corrected chi connectivity index (χ2v) is 9.57. The predicted molar refractivity (Wildman–Crippen MR) is 135 cm³/mol. The highest BCUT2D eigenvalue weighted by molar-refractivity contribution is 5.97. The van der Waals surface area contributed by atoms with Gasteiger partial charge in [-0.15, -0.1) is 0 Å². The molecule has 5 heteroatoms. The van der Waals surface area contributed by atoms with Crippen LogP contribution in [0.15, 0.2) is 71.5 Å². The Balaban J connectivity index is 1.66. The number of aromatic amines is 1. The third-order valence-electron chi connectivity index (χ3n) is 6.58. The molecule has 1 aliphatic heterocycles. The van der Waals surface area contributed by atoms with E-state index in [2.05, 4.69) is 96.9 Å². The molecule has 5 nitrogen and oxygen atoms in total. The first-order chi connectivity index (χ1) is 15.9. The van der Waals surface area contributed by atoms with E-state index >= 15 is 0 Å².